The van der Waals surface area contributed by atoms with Crippen LogP contribution in [0.5, 0.6) is 0 Å². The van der Waals surface area contributed by atoms with Crippen LogP contribution in [-0.4, -0.2) is 24.5 Å². The van der Waals surface area contributed by atoms with Gasteiger partial charge in [-0.3, -0.25) is 9.59 Å². The molecule has 0 heterocycles. The summed E-state index contributed by atoms with van der Waals surface area (Å²) in [5.41, 5.74) is -0.380. The molecule has 0 saturated carbocycles. The van der Waals surface area contributed by atoms with Gasteiger partial charge in [0.25, 0.3) is 0 Å². The monoisotopic (exact) mass is 260 g/mol. The maximum absolute atomic E-state index is 11.5. The van der Waals surface area contributed by atoms with Crippen molar-refractivity contribution in [1.29, 1.82) is 0 Å². The Morgan fingerprint density at radius 2 is 1.59 bits per heavy atom. The van der Waals surface area contributed by atoms with Crippen LogP contribution in [0.3, 0.4) is 0 Å². The molecule has 1 aliphatic rings. The molecule has 0 aromatic heterocycles. The second kappa shape index (κ2) is 4.83. The Bertz CT molecular complexity index is 630. The Hall–Kier alpha value is -0.790. The Morgan fingerprint density at radius 3 is 2.18 bits per heavy atom. The van der Waals surface area contributed by atoms with Gasteiger partial charge in [0, 0.05) is 5.56 Å². The van der Waals surface area contributed by atoms with Gasteiger partial charge in [-0.1, -0.05) is 12.1 Å². The molecule has 2 rings (SSSR count). The minimum Gasteiger partial charge on any atom is -0.744 e. The summed E-state index contributed by atoms with van der Waals surface area (Å²) in [5.74, 6) is -1.13. The van der Waals surface area contributed by atoms with Crippen LogP contribution in [0.1, 0.15) is 20.7 Å². The summed E-state index contributed by atoms with van der Waals surface area (Å²) in [6, 6.07) is 3.59. The topological polar surface area (TPSA) is 91.3 Å². The number of carbonyl (C=O) groups excluding carboxylic acids is 2. The summed E-state index contributed by atoms with van der Waals surface area (Å²) in [4.78, 5) is 22.2. The van der Waals surface area contributed by atoms with E-state index in [4.69, 9.17) is 0 Å². The first-order chi connectivity index (χ1) is 7.41. The zero-order valence-electron chi connectivity index (χ0n) is 8.84. The zero-order chi connectivity index (χ0) is 11.9. The van der Waals surface area contributed by atoms with E-state index in [1.54, 1.807) is 0 Å². The minimum absolute atomic E-state index is 0. The standard InChI is InChI=1S/C10H6O5S.Na/c11-7-4-5-8(12)10-6(7)2-1-3-9(10)16(13,14)15;/h1-5H,(H,13,14,15);/q;+1/p-1. The predicted octanol–water partition coefficient (Wildman–Crippen LogP) is -2.47. The number of carbonyl (C=O) groups is 2. The van der Waals surface area contributed by atoms with Gasteiger partial charge in [0.05, 0.1) is 10.5 Å². The van der Waals surface area contributed by atoms with Crippen LogP contribution in [-0.2, 0) is 10.1 Å². The molecule has 0 aliphatic heterocycles. The van der Waals surface area contributed by atoms with Crippen molar-refractivity contribution in [3.63, 3.8) is 0 Å². The Kier molecular flexibility index (Phi) is 4.06. The van der Waals surface area contributed by atoms with Gasteiger partial charge in [-0.05, 0) is 18.2 Å². The maximum atomic E-state index is 11.5. The van der Waals surface area contributed by atoms with E-state index in [-0.39, 0.29) is 40.7 Å². The van der Waals surface area contributed by atoms with Crippen molar-refractivity contribution in [2.75, 3.05) is 0 Å². The third-order valence-corrected chi connectivity index (χ3v) is 3.07. The van der Waals surface area contributed by atoms with Gasteiger partial charge in [-0.15, -0.1) is 0 Å². The number of allylic oxidation sites excluding steroid dienone is 2. The van der Waals surface area contributed by atoms with Crippen LogP contribution >= 0.6 is 0 Å². The van der Waals surface area contributed by atoms with Gasteiger partial charge >= 0.3 is 29.6 Å². The summed E-state index contributed by atoms with van der Waals surface area (Å²) in [7, 11) is -4.76. The van der Waals surface area contributed by atoms with Crippen LogP contribution in [0.4, 0.5) is 0 Å². The van der Waals surface area contributed by atoms with Crippen LogP contribution in [0.25, 0.3) is 0 Å². The molecule has 82 valence electrons. The molecule has 1 aromatic rings. The molecule has 7 heteroatoms. The Labute approximate surface area is 120 Å². The van der Waals surface area contributed by atoms with Crippen molar-refractivity contribution in [3.8, 4) is 0 Å². The normalized spacial score (nSPS) is 14.2. The average molecular weight is 260 g/mol. The van der Waals surface area contributed by atoms with Crippen molar-refractivity contribution in [1.82, 2.24) is 0 Å². The zero-order valence-corrected chi connectivity index (χ0v) is 11.7. The fraction of sp³-hybridized carbons (Fsp3) is 0. The second-order valence-corrected chi connectivity index (χ2v) is 4.54. The average Bonchev–Trinajstić information content (AvgIpc) is 2.22. The van der Waals surface area contributed by atoms with Crippen LogP contribution in [0.15, 0.2) is 35.2 Å². The molecule has 0 N–H and O–H groups in total. The molecule has 0 bridgehead atoms. The first-order valence-electron chi connectivity index (χ1n) is 4.27. The number of benzene rings is 1. The van der Waals surface area contributed by atoms with Crippen molar-refractivity contribution in [3.05, 3.63) is 41.5 Å². The molecule has 0 saturated heterocycles. The van der Waals surface area contributed by atoms with Gasteiger partial charge in [0.15, 0.2) is 11.6 Å². The molecule has 1 aromatic carbocycles. The predicted molar refractivity (Wildman–Crippen MR) is 52.2 cm³/mol. The van der Waals surface area contributed by atoms with Gasteiger partial charge < -0.3 is 4.55 Å². The number of fused-ring (bicyclic) bond motifs is 1. The number of ketones is 2. The van der Waals surface area contributed by atoms with E-state index in [0.29, 0.717) is 0 Å². The largest absolute Gasteiger partial charge is 1.00 e. The Morgan fingerprint density at radius 1 is 1.00 bits per heavy atom. The van der Waals surface area contributed by atoms with E-state index < -0.39 is 26.6 Å². The maximum Gasteiger partial charge on any atom is 1.00 e. The van der Waals surface area contributed by atoms with Gasteiger partial charge in [-0.2, -0.15) is 0 Å². The van der Waals surface area contributed by atoms with E-state index >= 15 is 0 Å². The van der Waals surface area contributed by atoms with Crippen molar-refractivity contribution < 1.29 is 52.1 Å². The summed E-state index contributed by atoms with van der Waals surface area (Å²) in [5, 5.41) is 0. The van der Waals surface area contributed by atoms with E-state index in [1.165, 1.54) is 12.1 Å². The molecule has 0 radical (unpaired) electrons. The minimum atomic E-state index is -4.76. The van der Waals surface area contributed by atoms with Crippen LogP contribution < -0.4 is 29.6 Å². The van der Waals surface area contributed by atoms with E-state index in [9.17, 15) is 22.6 Å². The summed E-state index contributed by atoms with van der Waals surface area (Å²) < 4.78 is 32.7. The molecular formula is C10H5NaO5S. The van der Waals surface area contributed by atoms with Crippen LogP contribution in [0, 0.1) is 0 Å². The van der Waals surface area contributed by atoms with Gasteiger partial charge in [0.1, 0.15) is 10.1 Å². The third-order valence-electron chi connectivity index (χ3n) is 2.19. The molecule has 0 amide bonds. The third kappa shape index (κ3) is 2.56. The fourth-order valence-corrected chi connectivity index (χ4v) is 2.23. The Balaban J connectivity index is 0.00000144. The van der Waals surface area contributed by atoms with E-state index in [1.807, 2.05) is 0 Å². The summed E-state index contributed by atoms with van der Waals surface area (Å²) in [6.45, 7) is 0. The number of rotatable bonds is 1. The molecule has 5 nitrogen and oxygen atoms in total. The molecule has 0 unspecified atom stereocenters. The molecule has 0 fully saturated rings. The molecule has 1 aliphatic carbocycles. The van der Waals surface area contributed by atoms with Crippen LogP contribution in [0.2, 0.25) is 0 Å². The summed E-state index contributed by atoms with van der Waals surface area (Å²) >= 11 is 0. The van der Waals surface area contributed by atoms with Gasteiger partial charge in [-0.25, -0.2) is 8.42 Å². The van der Waals surface area contributed by atoms with E-state index in [2.05, 4.69) is 0 Å². The van der Waals surface area contributed by atoms with E-state index in [0.717, 1.165) is 18.2 Å². The molecule has 17 heavy (non-hydrogen) atoms. The first kappa shape index (κ1) is 14.3. The number of hydrogen-bond donors (Lipinski definition) is 0. The quantitative estimate of drug-likeness (QED) is 0.412. The van der Waals surface area contributed by atoms with Crippen molar-refractivity contribution in [2.45, 2.75) is 4.90 Å². The number of hydrogen-bond acceptors (Lipinski definition) is 5. The van der Waals surface area contributed by atoms with Crippen molar-refractivity contribution in [2.24, 2.45) is 0 Å². The van der Waals surface area contributed by atoms with Gasteiger partial charge in [0.2, 0.25) is 0 Å². The SMILES string of the molecule is O=C1C=CC(=O)c2c1cccc2S(=O)(=O)[O-].[Na+]. The van der Waals surface area contributed by atoms with Crippen molar-refractivity contribution >= 4 is 21.7 Å². The molecular weight excluding hydrogens is 255 g/mol. The molecule has 0 atom stereocenters. The smallest absolute Gasteiger partial charge is 0.744 e. The first-order valence-corrected chi connectivity index (χ1v) is 5.68. The second-order valence-electron chi connectivity index (χ2n) is 3.19. The molecule has 0 spiro atoms. The summed E-state index contributed by atoms with van der Waals surface area (Å²) in [6.07, 6.45) is 2.01. The fourth-order valence-electron chi connectivity index (χ4n) is 1.52.